The SMILES string of the molecule is CCCCCCC(CCCCCC)OC[C@@H]1CC[C@H](CCCNC(=O)CCCCOC2OC(CO)C(O)C(O)C2NC(C)=O)O1. The van der Waals surface area contributed by atoms with Gasteiger partial charge in [0.2, 0.25) is 11.8 Å². The first kappa shape index (κ1) is 39.8. The van der Waals surface area contributed by atoms with E-state index in [-0.39, 0.29) is 24.7 Å². The topological polar surface area (TPSA) is 156 Å². The smallest absolute Gasteiger partial charge is 0.219 e. The minimum atomic E-state index is -1.35. The van der Waals surface area contributed by atoms with E-state index in [2.05, 4.69) is 24.5 Å². The Morgan fingerprint density at radius 1 is 0.867 bits per heavy atom. The van der Waals surface area contributed by atoms with Gasteiger partial charge in [0.05, 0.1) is 31.5 Å². The second kappa shape index (κ2) is 23.9. The van der Waals surface area contributed by atoms with Crippen molar-refractivity contribution in [2.24, 2.45) is 0 Å². The molecule has 11 heteroatoms. The number of unbranched alkanes of at least 4 members (excludes halogenated alkanes) is 7. The number of aliphatic hydroxyl groups is 3. The highest BCUT2D eigenvalue weighted by molar-refractivity contribution is 5.75. The fourth-order valence-electron chi connectivity index (χ4n) is 6.11. The molecule has 0 aromatic heterocycles. The molecule has 2 amide bonds. The van der Waals surface area contributed by atoms with Crippen LogP contribution in [0.5, 0.6) is 0 Å². The van der Waals surface area contributed by atoms with Crippen LogP contribution in [0.25, 0.3) is 0 Å². The second-order valence-corrected chi connectivity index (χ2v) is 12.9. The minimum Gasteiger partial charge on any atom is -0.394 e. The van der Waals surface area contributed by atoms with Crippen LogP contribution in [0, 0.1) is 0 Å². The summed E-state index contributed by atoms with van der Waals surface area (Å²) in [5.74, 6) is -0.414. The largest absolute Gasteiger partial charge is 0.394 e. The first-order chi connectivity index (χ1) is 21.8. The molecule has 2 saturated heterocycles. The first-order valence-electron chi connectivity index (χ1n) is 17.8. The molecule has 264 valence electrons. The Balaban J connectivity index is 1.56. The van der Waals surface area contributed by atoms with Crippen LogP contribution in [0.3, 0.4) is 0 Å². The van der Waals surface area contributed by atoms with Crippen molar-refractivity contribution in [1.29, 1.82) is 0 Å². The van der Waals surface area contributed by atoms with Gasteiger partial charge in [-0.1, -0.05) is 65.2 Å². The molecule has 2 rings (SSSR count). The number of carbonyl (C=O) groups excluding carboxylic acids is 2. The summed E-state index contributed by atoms with van der Waals surface area (Å²) in [5, 5.41) is 35.4. The molecule has 2 fully saturated rings. The van der Waals surface area contributed by atoms with E-state index in [0.29, 0.717) is 38.5 Å². The van der Waals surface area contributed by atoms with E-state index in [4.69, 9.17) is 18.9 Å². The number of nitrogens with one attached hydrogen (secondary N) is 2. The van der Waals surface area contributed by atoms with Crippen LogP contribution in [0.4, 0.5) is 0 Å². The van der Waals surface area contributed by atoms with Crippen LogP contribution in [-0.4, -0.2) is 102 Å². The molecule has 0 aliphatic carbocycles. The number of hydrogen-bond acceptors (Lipinski definition) is 9. The monoisotopic (exact) mass is 644 g/mol. The van der Waals surface area contributed by atoms with Gasteiger partial charge in [0, 0.05) is 26.5 Å². The number of hydrogen-bond donors (Lipinski definition) is 5. The third-order valence-electron chi connectivity index (χ3n) is 8.83. The van der Waals surface area contributed by atoms with Gasteiger partial charge in [-0.25, -0.2) is 0 Å². The van der Waals surface area contributed by atoms with Gasteiger partial charge < -0.3 is 44.9 Å². The zero-order valence-corrected chi connectivity index (χ0v) is 28.3. The Labute approximate surface area is 271 Å². The van der Waals surface area contributed by atoms with Gasteiger partial charge in [-0.05, 0) is 51.4 Å². The normalized spacial score (nSPS) is 26.8. The lowest BCUT2D eigenvalue weighted by molar-refractivity contribution is -0.270. The predicted octanol–water partition coefficient (Wildman–Crippen LogP) is 3.89. The van der Waals surface area contributed by atoms with Gasteiger partial charge >= 0.3 is 0 Å². The number of rotatable bonds is 25. The van der Waals surface area contributed by atoms with Crippen molar-refractivity contribution >= 4 is 11.8 Å². The van der Waals surface area contributed by atoms with Crippen LogP contribution in [-0.2, 0) is 28.5 Å². The Kier molecular flexibility index (Phi) is 21.2. The maximum atomic E-state index is 12.3. The third kappa shape index (κ3) is 16.4. The van der Waals surface area contributed by atoms with Gasteiger partial charge in [0.1, 0.15) is 24.4 Å². The summed E-state index contributed by atoms with van der Waals surface area (Å²) in [6, 6.07) is -0.965. The summed E-state index contributed by atoms with van der Waals surface area (Å²) in [5.41, 5.74) is 0. The van der Waals surface area contributed by atoms with Crippen LogP contribution >= 0.6 is 0 Å². The molecular weight excluding hydrogens is 580 g/mol. The van der Waals surface area contributed by atoms with E-state index in [1.54, 1.807) is 0 Å². The van der Waals surface area contributed by atoms with Crippen molar-refractivity contribution in [3.05, 3.63) is 0 Å². The molecule has 0 saturated carbocycles. The Bertz CT molecular complexity index is 777. The standard InChI is InChI=1S/C34H64N2O9/c1-4-6-8-10-15-26(16-11-9-7-5-2)43-24-28-20-19-27(44-28)17-14-21-35-30(39)18-12-13-22-42-34-31(36-25(3)38)33(41)32(40)29(23-37)45-34/h26-29,31-34,37,40-41H,4-24H2,1-3H3,(H,35,39)(H,36,38)/t27-,28-,29?,31?,32?,33?,34?/m0/s1. The molecule has 45 heavy (non-hydrogen) atoms. The van der Waals surface area contributed by atoms with E-state index in [1.165, 1.54) is 58.3 Å². The lowest BCUT2D eigenvalue weighted by Gasteiger charge is -2.42. The molecule has 5 unspecified atom stereocenters. The highest BCUT2D eigenvalue weighted by Crippen LogP contribution is 2.25. The van der Waals surface area contributed by atoms with E-state index in [1.807, 2.05) is 0 Å². The lowest BCUT2D eigenvalue weighted by atomic mass is 9.97. The zero-order valence-electron chi connectivity index (χ0n) is 28.3. The summed E-state index contributed by atoms with van der Waals surface area (Å²) in [6.07, 6.45) is 14.0. The number of ether oxygens (including phenoxy) is 4. The van der Waals surface area contributed by atoms with Crippen molar-refractivity contribution in [1.82, 2.24) is 10.6 Å². The maximum absolute atomic E-state index is 12.3. The summed E-state index contributed by atoms with van der Waals surface area (Å²) < 4.78 is 23.9. The van der Waals surface area contributed by atoms with Crippen LogP contribution in [0.2, 0.25) is 0 Å². The highest BCUT2D eigenvalue weighted by Gasteiger charge is 2.45. The van der Waals surface area contributed by atoms with Crippen LogP contribution < -0.4 is 10.6 Å². The van der Waals surface area contributed by atoms with E-state index in [9.17, 15) is 24.9 Å². The summed E-state index contributed by atoms with van der Waals surface area (Å²) >= 11 is 0. The Hall–Kier alpha value is -1.34. The average molecular weight is 645 g/mol. The summed E-state index contributed by atoms with van der Waals surface area (Å²) in [7, 11) is 0. The predicted molar refractivity (Wildman–Crippen MR) is 173 cm³/mol. The summed E-state index contributed by atoms with van der Waals surface area (Å²) in [4.78, 5) is 23.8. The minimum absolute atomic E-state index is 0.0125. The van der Waals surface area contributed by atoms with E-state index >= 15 is 0 Å². The summed E-state index contributed by atoms with van der Waals surface area (Å²) in [6.45, 7) is 6.84. The molecule has 0 aromatic rings. The molecule has 11 nitrogen and oxygen atoms in total. The number of carbonyl (C=O) groups is 2. The molecule has 5 N–H and O–H groups in total. The fraction of sp³-hybridized carbons (Fsp3) is 0.941. The van der Waals surface area contributed by atoms with Crippen LogP contribution in [0.15, 0.2) is 0 Å². The molecule has 0 spiro atoms. The average Bonchev–Trinajstić information content (AvgIpc) is 3.48. The number of amides is 2. The van der Waals surface area contributed by atoms with Crippen molar-refractivity contribution in [2.45, 2.75) is 179 Å². The van der Waals surface area contributed by atoms with Gasteiger partial charge in [-0.3, -0.25) is 9.59 Å². The molecular formula is C34H64N2O9. The van der Waals surface area contributed by atoms with Crippen molar-refractivity contribution < 1.29 is 43.9 Å². The Morgan fingerprint density at radius 3 is 2.20 bits per heavy atom. The molecule has 2 aliphatic heterocycles. The van der Waals surface area contributed by atoms with Gasteiger partial charge in [0.15, 0.2) is 6.29 Å². The Morgan fingerprint density at radius 2 is 1.56 bits per heavy atom. The van der Waals surface area contributed by atoms with Gasteiger partial charge in [-0.2, -0.15) is 0 Å². The molecule has 0 radical (unpaired) electrons. The van der Waals surface area contributed by atoms with E-state index < -0.39 is 43.2 Å². The van der Waals surface area contributed by atoms with Crippen molar-refractivity contribution in [2.75, 3.05) is 26.4 Å². The molecule has 0 bridgehead atoms. The lowest BCUT2D eigenvalue weighted by Crippen LogP contribution is -2.64. The molecule has 2 aliphatic rings. The molecule has 2 heterocycles. The highest BCUT2D eigenvalue weighted by atomic mass is 16.7. The van der Waals surface area contributed by atoms with Gasteiger partial charge in [-0.15, -0.1) is 0 Å². The fourth-order valence-corrected chi connectivity index (χ4v) is 6.11. The zero-order chi connectivity index (χ0) is 32.9. The maximum Gasteiger partial charge on any atom is 0.219 e. The number of aliphatic hydroxyl groups excluding tert-OH is 3. The van der Waals surface area contributed by atoms with Crippen LogP contribution in [0.1, 0.15) is 130 Å². The second-order valence-electron chi connectivity index (χ2n) is 12.9. The molecule has 7 atom stereocenters. The van der Waals surface area contributed by atoms with Crippen molar-refractivity contribution in [3.63, 3.8) is 0 Å². The van der Waals surface area contributed by atoms with Crippen molar-refractivity contribution in [3.8, 4) is 0 Å². The first-order valence-corrected chi connectivity index (χ1v) is 17.8. The quantitative estimate of drug-likeness (QED) is 0.0931. The third-order valence-corrected chi connectivity index (χ3v) is 8.83. The van der Waals surface area contributed by atoms with E-state index in [0.717, 1.165) is 38.5 Å². The molecule has 0 aromatic carbocycles. The van der Waals surface area contributed by atoms with Gasteiger partial charge in [0.25, 0.3) is 0 Å².